The summed E-state index contributed by atoms with van der Waals surface area (Å²) in [4.78, 5) is 11.6. The third kappa shape index (κ3) is 22.2. The minimum absolute atomic E-state index is 0.244. The van der Waals surface area contributed by atoms with Crippen LogP contribution in [-0.2, 0) is 44.5 Å². The van der Waals surface area contributed by atoms with Gasteiger partial charge < -0.3 is 43.2 Å². The summed E-state index contributed by atoms with van der Waals surface area (Å²) < 4.78 is 42.7. The van der Waals surface area contributed by atoms with E-state index in [1.54, 1.807) is 6.08 Å². The maximum atomic E-state index is 11.6. The maximum absolute atomic E-state index is 11.6. The number of amides is 1. The molecule has 0 aliphatic heterocycles. The Bertz CT molecular complexity index is 604. The van der Waals surface area contributed by atoms with Gasteiger partial charge in [0.05, 0.1) is 92.5 Å². The van der Waals surface area contributed by atoms with Crippen molar-refractivity contribution in [3.05, 3.63) is 48.6 Å². The third-order valence-electron chi connectivity index (χ3n) is 4.20. The van der Waals surface area contributed by atoms with Gasteiger partial charge in [-0.2, -0.15) is 0 Å². The summed E-state index contributed by atoms with van der Waals surface area (Å²) >= 11 is 0. The zero-order valence-electron chi connectivity index (χ0n) is 20.7. The quantitative estimate of drug-likeness (QED) is 0.160. The van der Waals surface area contributed by atoms with Crippen molar-refractivity contribution >= 4 is 6.09 Å². The van der Waals surface area contributed by atoms with Gasteiger partial charge in [0, 0.05) is 6.54 Å². The first-order valence-electron chi connectivity index (χ1n) is 11.9. The topological polar surface area (TPSA) is 103 Å². The van der Waals surface area contributed by atoms with E-state index in [0.717, 1.165) is 5.56 Å². The average Bonchev–Trinajstić information content (AvgIpc) is 2.88. The molecule has 10 nitrogen and oxygen atoms in total. The van der Waals surface area contributed by atoms with Crippen molar-refractivity contribution in [2.24, 2.45) is 0 Å². The number of carbonyl (C=O) groups excluding carboxylic acids is 1. The third-order valence-corrected chi connectivity index (χ3v) is 4.20. The monoisotopic (exact) mass is 499 g/mol. The fraction of sp³-hybridized carbons (Fsp3) is 0.640. The second kappa shape index (κ2) is 25.1. The highest BCUT2D eigenvalue weighted by atomic mass is 16.6. The summed E-state index contributed by atoms with van der Waals surface area (Å²) in [6.45, 7) is 11.2. The van der Waals surface area contributed by atoms with Gasteiger partial charge in [-0.1, -0.05) is 36.4 Å². The molecule has 0 fully saturated rings. The maximum Gasteiger partial charge on any atom is 0.407 e. The van der Waals surface area contributed by atoms with E-state index in [0.29, 0.717) is 99.0 Å². The Kier molecular flexibility index (Phi) is 22.2. The van der Waals surface area contributed by atoms with Crippen LogP contribution in [0.3, 0.4) is 0 Å². The molecule has 0 saturated carbocycles. The Morgan fingerprint density at radius 3 is 1.54 bits per heavy atom. The minimum Gasteiger partial charge on any atom is -0.445 e. The molecule has 0 atom stereocenters. The number of hydrogen-bond acceptors (Lipinski definition) is 9. The molecular formula is C25H41NO9. The van der Waals surface area contributed by atoms with Gasteiger partial charge in [-0.05, 0) is 5.56 Å². The van der Waals surface area contributed by atoms with Gasteiger partial charge >= 0.3 is 6.09 Å². The smallest absolute Gasteiger partial charge is 0.407 e. The molecule has 1 N–H and O–H groups in total. The normalized spacial score (nSPS) is 10.9. The van der Waals surface area contributed by atoms with Crippen molar-refractivity contribution in [2.75, 3.05) is 99.0 Å². The Hall–Kier alpha value is -2.05. The number of benzene rings is 1. The summed E-state index contributed by atoms with van der Waals surface area (Å²) in [7, 11) is 0. The van der Waals surface area contributed by atoms with Crippen LogP contribution in [0.4, 0.5) is 4.79 Å². The van der Waals surface area contributed by atoms with E-state index in [-0.39, 0.29) is 6.61 Å². The lowest BCUT2D eigenvalue weighted by molar-refractivity contribution is -0.0196. The Balaban J connectivity index is 1.69. The lowest BCUT2D eigenvalue weighted by Gasteiger charge is -2.09. The van der Waals surface area contributed by atoms with Crippen LogP contribution < -0.4 is 5.32 Å². The van der Waals surface area contributed by atoms with Crippen molar-refractivity contribution in [1.82, 2.24) is 5.32 Å². The number of nitrogens with one attached hydrogen (secondary N) is 1. The van der Waals surface area contributed by atoms with Crippen LogP contribution in [0, 0.1) is 0 Å². The molecule has 0 bridgehead atoms. The number of ether oxygens (including phenoxy) is 8. The summed E-state index contributed by atoms with van der Waals surface area (Å²) in [6, 6.07) is 9.51. The summed E-state index contributed by atoms with van der Waals surface area (Å²) in [5, 5.41) is 2.64. The van der Waals surface area contributed by atoms with E-state index >= 15 is 0 Å². The molecule has 1 aromatic carbocycles. The minimum atomic E-state index is -0.464. The van der Waals surface area contributed by atoms with Gasteiger partial charge in [0.1, 0.15) is 6.61 Å². The van der Waals surface area contributed by atoms with Gasteiger partial charge in [0.15, 0.2) is 0 Å². The second-order valence-corrected chi connectivity index (χ2v) is 7.03. The highest BCUT2D eigenvalue weighted by molar-refractivity contribution is 5.67. The van der Waals surface area contributed by atoms with E-state index in [1.807, 2.05) is 30.3 Å². The molecule has 1 rings (SSSR count). The van der Waals surface area contributed by atoms with Crippen LogP contribution in [0.15, 0.2) is 43.0 Å². The second-order valence-electron chi connectivity index (χ2n) is 7.03. The van der Waals surface area contributed by atoms with Gasteiger partial charge in [0.25, 0.3) is 0 Å². The van der Waals surface area contributed by atoms with Crippen molar-refractivity contribution in [1.29, 1.82) is 0 Å². The SMILES string of the molecule is C=CCOCCOCCOCCOCCOCCOCCOCCNC(=O)OCc1ccccc1. The highest BCUT2D eigenvalue weighted by Gasteiger charge is 2.01. The molecule has 0 aliphatic carbocycles. The van der Waals surface area contributed by atoms with Crippen LogP contribution in [0.25, 0.3) is 0 Å². The molecule has 1 amide bonds. The van der Waals surface area contributed by atoms with Gasteiger partial charge in [-0.3, -0.25) is 0 Å². The fourth-order valence-corrected chi connectivity index (χ4v) is 2.49. The first-order valence-corrected chi connectivity index (χ1v) is 11.9. The molecule has 0 aliphatic rings. The molecule has 10 heteroatoms. The van der Waals surface area contributed by atoms with Gasteiger partial charge in [-0.15, -0.1) is 6.58 Å². The van der Waals surface area contributed by atoms with Crippen LogP contribution in [0.5, 0.6) is 0 Å². The molecule has 0 radical (unpaired) electrons. The molecule has 0 aromatic heterocycles. The van der Waals surface area contributed by atoms with Crippen LogP contribution in [0.2, 0.25) is 0 Å². The first-order chi connectivity index (χ1) is 17.3. The van der Waals surface area contributed by atoms with E-state index in [4.69, 9.17) is 37.9 Å². The molecule has 35 heavy (non-hydrogen) atoms. The van der Waals surface area contributed by atoms with E-state index in [9.17, 15) is 4.79 Å². The molecule has 1 aromatic rings. The van der Waals surface area contributed by atoms with Crippen LogP contribution >= 0.6 is 0 Å². The Morgan fingerprint density at radius 2 is 1.09 bits per heavy atom. The molecule has 200 valence electrons. The van der Waals surface area contributed by atoms with Crippen LogP contribution in [0.1, 0.15) is 5.56 Å². The Labute approximate surface area is 208 Å². The first kappa shape index (κ1) is 31.0. The van der Waals surface area contributed by atoms with Crippen LogP contribution in [-0.4, -0.2) is 105 Å². The number of rotatable bonds is 25. The largest absolute Gasteiger partial charge is 0.445 e. The highest BCUT2D eigenvalue weighted by Crippen LogP contribution is 2.00. The summed E-state index contributed by atoms with van der Waals surface area (Å²) in [6.07, 6.45) is 1.24. The molecule has 0 unspecified atom stereocenters. The zero-order valence-corrected chi connectivity index (χ0v) is 20.7. The van der Waals surface area contributed by atoms with Gasteiger partial charge in [0.2, 0.25) is 0 Å². The van der Waals surface area contributed by atoms with E-state index in [2.05, 4.69) is 11.9 Å². The van der Waals surface area contributed by atoms with Crippen molar-refractivity contribution in [3.8, 4) is 0 Å². The number of carbonyl (C=O) groups is 1. The summed E-state index contributed by atoms with van der Waals surface area (Å²) in [5.41, 5.74) is 0.942. The Morgan fingerprint density at radius 1 is 0.657 bits per heavy atom. The van der Waals surface area contributed by atoms with Crippen molar-refractivity contribution < 1.29 is 42.7 Å². The average molecular weight is 500 g/mol. The lowest BCUT2D eigenvalue weighted by atomic mass is 10.2. The zero-order chi connectivity index (χ0) is 25.1. The van der Waals surface area contributed by atoms with Crippen molar-refractivity contribution in [2.45, 2.75) is 6.61 Å². The predicted molar refractivity (Wildman–Crippen MR) is 131 cm³/mol. The molecule has 0 heterocycles. The molecule has 0 spiro atoms. The van der Waals surface area contributed by atoms with E-state index in [1.165, 1.54) is 0 Å². The molecular weight excluding hydrogens is 458 g/mol. The van der Waals surface area contributed by atoms with Gasteiger partial charge in [-0.25, -0.2) is 4.79 Å². The fourth-order valence-electron chi connectivity index (χ4n) is 2.49. The molecule has 0 saturated heterocycles. The predicted octanol–water partition coefficient (Wildman–Crippen LogP) is 2.22. The summed E-state index contributed by atoms with van der Waals surface area (Å²) in [5.74, 6) is 0. The number of hydrogen-bond donors (Lipinski definition) is 1. The lowest BCUT2D eigenvalue weighted by Crippen LogP contribution is -2.28. The number of alkyl carbamates (subject to hydrolysis) is 1. The van der Waals surface area contributed by atoms with Crippen molar-refractivity contribution in [3.63, 3.8) is 0 Å². The standard InChI is InChI=1S/C25H41NO9/c1-2-9-28-11-13-30-15-17-32-19-21-34-22-20-33-18-16-31-14-12-29-10-8-26-25(27)35-23-24-6-4-3-5-7-24/h2-7H,1,8-23H2,(H,26,27). The van der Waals surface area contributed by atoms with E-state index < -0.39 is 6.09 Å².